The summed E-state index contributed by atoms with van der Waals surface area (Å²) in [5.41, 5.74) is 2.18. The van der Waals surface area contributed by atoms with Crippen LogP contribution in [0.1, 0.15) is 5.56 Å². The minimum absolute atomic E-state index is 0.0453. The van der Waals surface area contributed by atoms with Crippen LogP contribution in [0, 0.1) is 10.1 Å². The van der Waals surface area contributed by atoms with Gasteiger partial charge in [-0.2, -0.15) is 5.10 Å². The van der Waals surface area contributed by atoms with E-state index in [1.807, 2.05) is 0 Å². The molecule has 2 rings (SSSR count). The van der Waals surface area contributed by atoms with Gasteiger partial charge in [-0.25, -0.2) is 13.6 Å². The number of nitro benzene ring substituents is 1. The average Bonchev–Trinajstić information content (AvgIpc) is 2.55. The van der Waals surface area contributed by atoms with E-state index >= 15 is 0 Å². The number of hydrazone groups is 1. The summed E-state index contributed by atoms with van der Waals surface area (Å²) in [6.45, 7) is 0. The number of rotatable bonds is 6. The zero-order chi connectivity index (χ0) is 18.6. The third-order valence-corrected chi connectivity index (χ3v) is 4.03. The van der Waals surface area contributed by atoms with Crippen molar-refractivity contribution < 1.29 is 23.2 Å². The van der Waals surface area contributed by atoms with Crippen LogP contribution in [0.25, 0.3) is 0 Å². The van der Waals surface area contributed by atoms with Gasteiger partial charge in [-0.15, -0.1) is 0 Å². The summed E-state index contributed by atoms with van der Waals surface area (Å²) in [6, 6.07) is 7.58. The number of phenols is 1. The first kappa shape index (κ1) is 18.2. The normalized spacial score (nSPS) is 11.4. The van der Waals surface area contributed by atoms with E-state index in [2.05, 4.69) is 10.5 Å². The largest absolute Gasteiger partial charge is 0.507 e. The summed E-state index contributed by atoms with van der Waals surface area (Å²) in [5.74, 6) is 0.424. The molecule has 132 valence electrons. The highest BCUT2D eigenvalue weighted by Crippen LogP contribution is 2.27. The lowest BCUT2D eigenvalue weighted by atomic mass is 10.2. The number of nitro groups is 1. The average molecular weight is 366 g/mol. The Morgan fingerprint density at radius 3 is 2.64 bits per heavy atom. The van der Waals surface area contributed by atoms with Crippen LogP contribution in [-0.2, 0) is 10.0 Å². The molecule has 2 aromatic rings. The third kappa shape index (κ3) is 4.43. The van der Waals surface area contributed by atoms with Crippen molar-refractivity contribution in [2.75, 3.05) is 12.5 Å². The minimum atomic E-state index is -4.07. The molecule has 0 atom stereocenters. The van der Waals surface area contributed by atoms with Gasteiger partial charge in [0.25, 0.3) is 5.69 Å². The molecule has 4 N–H and O–H groups in total. The lowest BCUT2D eigenvalue weighted by molar-refractivity contribution is -0.384. The Kier molecular flexibility index (Phi) is 5.20. The van der Waals surface area contributed by atoms with Gasteiger partial charge >= 0.3 is 0 Å². The number of nitrogens with one attached hydrogen (secondary N) is 1. The zero-order valence-electron chi connectivity index (χ0n) is 12.9. The van der Waals surface area contributed by atoms with Gasteiger partial charge in [-0.05, 0) is 30.3 Å². The van der Waals surface area contributed by atoms with E-state index in [0.717, 1.165) is 12.1 Å². The highest BCUT2D eigenvalue weighted by molar-refractivity contribution is 7.89. The van der Waals surface area contributed by atoms with Crippen molar-refractivity contribution in [3.63, 3.8) is 0 Å². The van der Waals surface area contributed by atoms with E-state index in [-0.39, 0.29) is 16.3 Å². The van der Waals surface area contributed by atoms with Crippen LogP contribution in [0.5, 0.6) is 11.5 Å². The molecule has 0 amide bonds. The highest BCUT2D eigenvalue weighted by atomic mass is 32.2. The number of sulfonamides is 1. The van der Waals surface area contributed by atoms with E-state index in [9.17, 15) is 23.6 Å². The molecule has 0 aliphatic heterocycles. The number of phenolic OH excluding ortho intramolecular Hbond substituents is 1. The molecule has 0 heterocycles. The maximum absolute atomic E-state index is 11.3. The van der Waals surface area contributed by atoms with Gasteiger partial charge < -0.3 is 9.84 Å². The lowest BCUT2D eigenvalue weighted by Crippen LogP contribution is -2.12. The first-order valence-electron chi connectivity index (χ1n) is 6.69. The van der Waals surface area contributed by atoms with Crippen molar-refractivity contribution in [3.05, 3.63) is 52.1 Å². The summed E-state index contributed by atoms with van der Waals surface area (Å²) >= 11 is 0. The molecule has 25 heavy (non-hydrogen) atoms. The monoisotopic (exact) mass is 366 g/mol. The fourth-order valence-electron chi connectivity index (χ4n) is 1.87. The number of methoxy groups -OCH3 is 1. The van der Waals surface area contributed by atoms with Crippen molar-refractivity contribution in [1.82, 2.24) is 0 Å². The van der Waals surface area contributed by atoms with Crippen molar-refractivity contribution in [3.8, 4) is 11.5 Å². The van der Waals surface area contributed by atoms with Crippen molar-refractivity contribution >= 4 is 27.6 Å². The molecular weight excluding hydrogens is 352 g/mol. The zero-order valence-corrected chi connectivity index (χ0v) is 13.7. The molecule has 2 aromatic carbocycles. The maximum Gasteiger partial charge on any atom is 0.295 e. The summed E-state index contributed by atoms with van der Waals surface area (Å²) in [5, 5.41) is 29.6. The lowest BCUT2D eigenvalue weighted by Gasteiger charge is -2.05. The number of anilines is 1. The summed E-state index contributed by atoms with van der Waals surface area (Å²) in [7, 11) is -2.61. The fraction of sp³-hybridized carbons (Fsp3) is 0.0714. The Balaban J connectivity index is 2.30. The second-order valence-electron chi connectivity index (χ2n) is 4.78. The maximum atomic E-state index is 11.3. The van der Waals surface area contributed by atoms with Crippen LogP contribution in [0.3, 0.4) is 0 Å². The molecule has 0 aliphatic carbocycles. The number of hydrogen-bond acceptors (Lipinski definition) is 8. The first-order valence-corrected chi connectivity index (χ1v) is 8.24. The molecule has 0 aromatic heterocycles. The predicted molar refractivity (Wildman–Crippen MR) is 90.3 cm³/mol. The number of hydrogen-bond donors (Lipinski definition) is 3. The summed E-state index contributed by atoms with van der Waals surface area (Å²) < 4.78 is 27.6. The smallest absolute Gasteiger partial charge is 0.295 e. The minimum Gasteiger partial charge on any atom is -0.507 e. The van der Waals surface area contributed by atoms with Crippen LogP contribution in [0.15, 0.2) is 46.4 Å². The Hall–Kier alpha value is -3.18. The Bertz CT molecular complexity index is 942. The van der Waals surface area contributed by atoms with E-state index in [4.69, 9.17) is 9.88 Å². The first-order chi connectivity index (χ1) is 11.7. The van der Waals surface area contributed by atoms with E-state index in [1.165, 1.54) is 31.5 Å². The molecule has 10 nitrogen and oxygen atoms in total. The number of aromatic hydroxyl groups is 1. The van der Waals surface area contributed by atoms with Crippen LogP contribution in [-0.4, -0.2) is 31.8 Å². The standard InChI is InChI=1S/C14H14N4O6S/c1-24-10-2-5-14(19)9(6-10)8-16-17-12-4-3-11(25(15,22)23)7-13(12)18(20)21/h2-8,17,19H,1H3,(H2,15,22,23). The highest BCUT2D eigenvalue weighted by Gasteiger charge is 2.18. The van der Waals surface area contributed by atoms with Crippen LogP contribution in [0.2, 0.25) is 0 Å². The molecule has 0 unspecified atom stereocenters. The molecule has 0 radical (unpaired) electrons. The molecule has 0 spiro atoms. The topological polar surface area (TPSA) is 157 Å². The van der Waals surface area contributed by atoms with Crippen molar-refractivity contribution in [2.24, 2.45) is 10.2 Å². The number of benzene rings is 2. The van der Waals surface area contributed by atoms with Gasteiger partial charge in [-0.3, -0.25) is 15.5 Å². The van der Waals surface area contributed by atoms with Crippen LogP contribution in [0.4, 0.5) is 11.4 Å². The molecule has 0 aliphatic rings. The molecule has 0 saturated carbocycles. The van der Waals surface area contributed by atoms with Gasteiger partial charge in [0.2, 0.25) is 10.0 Å². The fourth-order valence-corrected chi connectivity index (χ4v) is 2.40. The second-order valence-corrected chi connectivity index (χ2v) is 6.34. The molecule has 0 saturated heterocycles. The number of nitrogens with two attached hydrogens (primary N) is 1. The Morgan fingerprint density at radius 2 is 2.04 bits per heavy atom. The quantitative estimate of drug-likeness (QED) is 0.396. The number of ether oxygens (including phenoxy) is 1. The Labute approximate surface area is 142 Å². The van der Waals surface area contributed by atoms with Gasteiger partial charge in [0.05, 0.1) is 23.1 Å². The molecule has 0 bridgehead atoms. The molecular formula is C14H14N4O6S. The van der Waals surface area contributed by atoms with E-state index in [0.29, 0.717) is 11.3 Å². The van der Waals surface area contributed by atoms with Crippen LogP contribution >= 0.6 is 0 Å². The van der Waals surface area contributed by atoms with E-state index < -0.39 is 20.6 Å². The summed E-state index contributed by atoms with van der Waals surface area (Å²) in [6.07, 6.45) is 1.23. The van der Waals surface area contributed by atoms with E-state index in [1.54, 1.807) is 6.07 Å². The third-order valence-electron chi connectivity index (χ3n) is 3.12. The van der Waals surface area contributed by atoms with Crippen LogP contribution < -0.4 is 15.3 Å². The number of nitrogens with zero attached hydrogens (tertiary/aromatic N) is 2. The summed E-state index contributed by atoms with van der Waals surface area (Å²) in [4.78, 5) is 9.94. The number of primary sulfonamides is 1. The Morgan fingerprint density at radius 1 is 1.32 bits per heavy atom. The SMILES string of the molecule is COc1ccc(O)c(C=NNc2ccc(S(N)(=O)=O)cc2[N+](=O)[O-])c1. The van der Waals surface area contributed by atoms with Gasteiger partial charge in [0, 0.05) is 11.6 Å². The van der Waals surface area contributed by atoms with Gasteiger partial charge in [0.15, 0.2) is 0 Å². The van der Waals surface area contributed by atoms with Gasteiger partial charge in [0.1, 0.15) is 17.2 Å². The van der Waals surface area contributed by atoms with Crippen molar-refractivity contribution in [2.45, 2.75) is 4.90 Å². The van der Waals surface area contributed by atoms with Crippen molar-refractivity contribution in [1.29, 1.82) is 0 Å². The van der Waals surface area contributed by atoms with Gasteiger partial charge in [-0.1, -0.05) is 0 Å². The second kappa shape index (κ2) is 7.15. The predicted octanol–water partition coefficient (Wildman–Crippen LogP) is 1.40. The molecule has 0 fully saturated rings. The molecule has 11 heteroatoms.